The van der Waals surface area contributed by atoms with Crippen LogP contribution >= 0.6 is 0 Å². The molecule has 0 amide bonds. The predicted octanol–water partition coefficient (Wildman–Crippen LogP) is 20.0. The van der Waals surface area contributed by atoms with E-state index >= 15 is 0 Å². The zero-order chi connectivity index (χ0) is 56.4. The van der Waals surface area contributed by atoms with Gasteiger partial charge >= 0.3 is 0 Å². The molecule has 0 spiro atoms. The summed E-state index contributed by atoms with van der Waals surface area (Å²) in [5.74, 6) is 1.93. The summed E-state index contributed by atoms with van der Waals surface area (Å²) in [7, 11) is 0. The fourth-order valence-corrected chi connectivity index (χ4v) is 13.6. The van der Waals surface area contributed by atoms with E-state index in [1.165, 1.54) is 116 Å². The minimum absolute atomic E-state index is 0.187. The second-order valence-corrected chi connectivity index (χ2v) is 23.4. The number of aromatic nitrogens is 6. The Balaban J connectivity index is 0.884. The summed E-state index contributed by atoms with van der Waals surface area (Å²) in [5, 5.41) is 7.64. The molecule has 4 aromatic heterocycles. The van der Waals surface area contributed by atoms with E-state index in [1.54, 1.807) is 0 Å². The topological polar surface area (TPSA) is 53.5 Å². The molecule has 1 unspecified atom stereocenters. The molecule has 1 aliphatic carbocycles. The van der Waals surface area contributed by atoms with Crippen molar-refractivity contribution in [1.29, 1.82) is 0 Å². The normalized spacial score (nSPS) is 13.8. The van der Waals surface area contributed by atoms with Gasteiger partial charge in [-0.1, -0.05) is 150 Å². The van der Waals surface area contributed by atoms with E-state index in [-0.39, 0.29) is 6.04 Å². The van der Waals surface area contributed by atoms with Gasteiger partial charge < -0.3 is 13.7 Å². The molecule has 4 heterocycles. The number of benzene rings is 10. The van der Waals surface area contributed by atoms with Crippen LogP contribution in [0.4, 0.5) is 0 Å². The second-order valence-electron chi connectivity index (χ2n) is 23.4. The molecule has 83 heavy (non-hydrogen) atoms. The zero-order valence-corrected chi connectivity index (χ0v) is 48.2. The second kappa shape index (κ2) is 19.4. The van der Waals surface area contributed by atoms with Crippen LogP contribution in [0.25, 0.3) is 128 Å². The highest BCUT2D eigenvalue weighted by Gasteiger charge is 2.25. The Morgan fingerprint density at radius 3 is 1.33 bits per heavy atom. The summed E-state index contributed by atoms with van der Waals surface area (Å²) in [5.41, 5.74) is 27.2. The Hall–Kier alpha value is -9.91. The first-order chi connectivity index (χ1) is 40.4. The Labute approximate surface area is 484 Å². The van der Waals surface area contributed by atoms with Gasteiger partial charge in [0, 0.05) is 65.7 Å². The van der Waals surface area contributed by atoms with Crippen molar-refractivity contribution in [3.8, 4) is 56.7 Å². The average Bonchev–Trinajstić information content (AvgIpc) is 2.67. The lowest BCUT2D eigenvalue weighted by Gasteiger charge is -2.24. The number of rotatable bonds is 8. The largest absolute Gasteiger partial charge is 0.333 e. The molecule has 400 valence electrons. The minimum Gasteiger partial charge on any atom is -0.333 e. The summed E-state index contributed by atoms with van der Waals surface area (Å²) in [6.45, 7) is 17.8. The number of nitrogens with zero attached hydrogens (tertiary/aromatic N) is 6. The Morgan fingerprint density at radius 2 is 0.819 bits per heavy atom. The van der Waals surface area contributed by atoms with Crippen molar-refractivity contribution >= 4 is 71.0 Å². The SMILES string of the molecule is CC1=CC(n2c3ccc(C)cc3c3cc(C)ccc32)CC=C1c1ccc2c3ccc(-c4ccc(-n5c6ccc(C)cc6c6cc(C)ccc65)cc4C)cc3n(-c3c(C)cc(-c4nc(-c5ccccc5)nc(-c5ccccc5)n4)cc3C)c2c1. The van der Waals surface area contributed by atoms with Crippen LogP contribution in [0.5, 0.6) is 0 Å². The molecule has 0 fully saturated rings. The first-order valence-electron chi connectivity index (χ1n) is 29.0. The molecule has 0 bridgehead atoms. The molecule has 0 saturated heterocycles. The molecule has 6 heteroatoms. The Bertz CT molecular complexity index is 4880. The molecule has 14 aromatic rings. The summed E-state index contributed by atoms with van der Waals surface area (Å²) in [6.07, 6.45) is 5.87. The van der Waals surface area contributed by atoms with Crippen LogP contribution in [-0.2, 0) is 0 Å². The number of hydrogen-bond acceptors (Lipinski definition) is 3. The highest BCUT2D eigenvalue weighted by Crippen LogP contribution is 2.44. The van der Waals surface area contributed by atoms with Crippen LogP contribution in [0.3, 0.4) is 0 Å². The number of fused-ring (bicyclic) bond motifs is 9. The number of aryl methyl sites for hydroxylation is 7. The maximum Gasteiger partial charge on any atom is 0.164 e. The van der Waals surface area contributed by atoms with E-state index in [9.17, 15) is 0 Å². The third kappa shape index (κ3) is 8.34. The molecule has 0 N–H and O–H groups in total. The molecular weight excluding hydrogens is 1010 g/mol. The predicted molar refractivity (Wildman–Crippen MR) is 348 cm³/mol. The summed E-state index contributed by atoms with van der Waals surface area (Å²) in [6, 6.07) is 73.9. The van der Waals surface area contributed by atoms with E-state index in [1.807, 2.05) is 36.4 Å². The summed E-state index contributed by atoms with van der Waals surface area (Å²) >= 11 is 0. The maximum atomic E-state index is 5.17. The molecule has 0 saturated carbocycles. The van der Waals surface area contributed by atoms with Gasteiger partial charge in [-0.2, -0.15) is 0 Å². The molecule has 10 aromatic carbocycles. The summed E-state index contributed by atoms with van der Waals surface area (Å²) < 4.78 is 7.53. The maximum absolute atomic E-state index is 5.17. The highest BCUT2D eigenvalue weighted by atomic mass is 15.0. The molecule has 15 rings (SSSR count). The van der Waals surface area contributed by atoms with Gasteiger partial charge in [-0.25, -0.2) is 15.0 Å². The van der Waals surface area contributed by atoms with E-state index in [0.29, 0.717) is 17.5 Å². The fraction of sp³-hybridized carbons (Fsp3) is 0.130. The smallest absolute Gasteiger partial charge is 0.164 e. The van der Waals surface area contributed by atoms with Gasteiger partial charge in [0.1, 0.15) is 0 Å². The van der Waals surface area contributed by atoms with Crippen molar-refractivity contribution in [3.63, 3.8) is 0 Å². The van der Waals surface area contributed by atoms with Gasteiger partial charge in [0.05, 0.1) is 33.8 Å². The standard InChI is InChI=1S/C77H62N6/c1-45-19-31-68-64(35-45)65-36-46(2)20-32-69(65)81(68)58-25-29-60(49(5)41-58)55-23-27-62-63-28-24-56(61-30-26-59(42-50(61)6)82-70-33-21-47(3)37-66(70)67-38-48(4)22-34-71(67)82)44-73(63)83(72(62)43-55)74-51(7)39-57(40-52(74)8)77-79-75(53-15-11-9-12-16-53)78-76(80-77)54-17-13-10-14-18-54/h9-25,27-44,59H,26H2,1-8H3. The van der Waals surface area contributed by atoms with Gasteiger partial charge in [0.25, 0.3) is 0 Å². The lowest BCUT2D eigenvalue weighted by molar-refractivity contribution is 0.645. The first-order valence-corrected chi connectivity index (χ1v) is 29.0. The van der Waals surface area contributed by atoms with Crippen LogP contribution in [0.2, 0.25) is 0 Å². The average molecular weight is 1070 g/mol. The first kappa shape index (κ1) is 50.1. The monoisotopic (exact) mass is 1070 g/mol. The van der Waals surface area contributed by atoms with Crippen LogP contribution in [0, 0.1) is 48.5 Å². The Morgan fingerprint density at radius 1 is 0.349 bits per heavy atom. The molecule has 1 aliphatic rings. The summed E-state index contributed by atoms with van der Waals surface area (Å²) in [4.78, 5) is 15.4. The lowest BCUT2D eigenvalue weighted by Crippen LogP contribution is -2.10. The van der Waals surface area contributed by atoms with Crippen molar-refractivity contribution in [1.82, 2.24) is 28.7 Å². The van der Waals surface area contributed by atoms with Gasteiger partial charge in [-0.15, -0.1) is 0 Å². The third-order valence-corrected chi connectivity index (χ3v) is 17.5. The minimum atomic E-state index is 0.187. The highest BCUT2D eigenvalue weighted by molar-refractivity contribution is 6.13. The van der Waals surface area contributed by atoms with E-state index in [4.69, 9.17) is 15.0 Å². The van der Waals surface area contributed by atoms with E-state index < -0.39 is 0 Å². The molecule has 0 radical (unpaired) electrons. The quantitative estimate of drug-likeness (QED) is 0.152. The van der Waals surface area contributed by atoms with E-state index in [0.717, 1.165) is 51.1 Å². The lowest BCUT2D eigenvalue weighted by atomic mass is 9.90. The molecule has 1 atom stereocenters. The number of allylic oxidation sites excluding steroid dienone is 4. The fourth-order valence-electron chi connectivity index (χ4n) is 13.6. The van der Waals surface area contributed by atoms with Crippen molar-refractivity contribution in [2.24, 2.45) is 0 Å². The van der Waals surface area contributed by atoms with Crippen LogP contribution < -0.4 is 0 Å². The van der Waals surface area contributed by atoms with Gasteiger partial charge in [-0.3, -0.25) is 0 Å². The van der Waals surface area contributed by atoms with Crippen LogP contribution in [0.15, 0.2) is 218 Å². The van der Waals surface area contributed by atoms with Gasteiger partial charge in [-0.05, 0) is 191 Å². The number of hydrogen-bond donors (Lipinski definition) is 0. The molecular formula is C77H62N6. The molecule has 6 nitrogen and oxygen atoms in total. The van der Waals surface area contributed by atoms with Gasteiger partial charge in [0.15, 0.2) is 17.5 Å². The van der Waals surface area contributed by atoms with Crippen LogP contribution in [0.1, 0.15) is 63.9 Å². The van der Waals surface area contributed by atoms with Gasteiger partial charge in [0.2, 0.25) is 0 Å². The molecule has 0 aliphatic heterocycles. The Kier molecular flexibility index (Phi) is 11.7. The van der Waals surface area contributed by atoms with E-state index in [2.05, 4.69) is 245 Å². The zero-order valence-electron chi connectivity index (χ0n) is 48.2. The van der Waals surface area contributed by atoms with Crippen molar-refractivity contribution < 1.29 is 0 Å². The van der Waals surface area contributed by atoms with Crippen LogP contribution in [-0.4, -0.2) is 28.7 Å². The third-order valence-electron chi connectivity index (χ3n) is 17.5. The van der Waals surface area contributed by atoms with Crippen molar-refractivity contribution in [2.45, 2.75) is 67.9 Å². The van der Waals surface area contributed by atoms with Crippen molar-refractivity contribution in [3.05, 3.63) is 262 Å². The van der Waals surface area contributed by atoms with Crippen molar-refractivity contribution in [2.75, 3.05) is 0 Å².